The molecule has 0 aromatic carbocycles. The Balaban J connectivity index is 1.90. The number of thioether (sulfide) groups is 1. The number of nitrogens with zero attached hydrogens (tertiary/aromatic N) is 1. The largest absolute Gasteiger partial charge is 0.302 e. The van der Waals surface area contributed by atoms with Crippen LogP contribution in [0.2, 0.25) is 0 Å². The molecule has 1 aliphatic heterocycles. The zero-order valence-corrected chi connectivity index (χ0v) is 12.1. The van der Waals surface area contributed by atoms with Gasteiger partial charge in [-0.1, -0.05) is 13.8 Å². The second-order valence-electron chi connectivity index (χ2n) is 6.05. The average molecular weight is 255 g/mol. The van der Waals surface area contributed by atoms with Crippen molar-refractivity contribution in [1.82, 2.24) is 4.90 Å². The van der Waals surface area contributed by atoms with Crippen LogP contribution < -0.4 is 0 Å². The number of hydrogen-bond donors (Lipinski definition) is 0. The first-order chi connectivity index (χ1) is 8.08. The first-order valence-corrected chi connectivity index (χ1v) is 8.04. The minimum absolute atomic E-state index is 0.293. The first-order valence-electron chi connectivity index (χ1n) is 6.88. The number of rotatable bonds is 3. The van der Waals surface area contributed by atoms with Crippen molar-refractivity contribution in [1.29, 1.82) is 0 Å². The van der Waals surface area contributed by atoms with Crippen LogP contribution in [0.4, 0.5) is 0 Å². The Hall–Kier alpha value is -0.0200. The van der Waals surface area contributed by atoms with E-state index in [9.17, 15) is 4.79 Å². The monoisotopic (exact) mass is 255 g/mol. The van der Waals surface area contributed by atoms with Gasteiger partial charge in [0.25, 0.3) is 0 Å². The minimum Gasteiger partial charge on any atom is -0.302 e. The van der Waals surface area contributed by atoms with Gasteiger partial charge in [-0.15, -0.1) is 0 Å². The zero-order chi connectivity index (χ0) is 12.4. The van der Waals surface area contributed by atoms with Gasteiger partial charge in [0, 0.05) is 30.7 Å². The third-order valence-corrected chi connectivity index (χ3v) is 5.58. The minimum atomic E-state index is 0.293. The number of carbonyl (C=O) groups excluding carboxylic acids is 1. The number of Topliss-reactive ketones (excluding diaryl/α,β-unsaturated/α-hetero) is 1. The number of carbonyl (C=O) groups is 1. The van der Waals surface area contributed by atoms with Crippen molar-refractivity contribution in [3.63, 3.8) is 0 Å². The maximum atomic E-state index is 12.1. The molecule has 0 spiro atoms. The van der Waals surface area contributed by atoms with Gasteiger partial charge >= 0.3 is 0 Å². The molecule has 1 saturated carbocycles. The summed E-state index contributed by atoms with van der Waals surface area (Å²) in [4.78, 5) is 14.6. The summed E-state index contributed by atoms with van der Waals surface area (Å²) in [5.41, 5.74) is 0. The van der Waals surface area contributed by atoms with Gasteiger partial charge < -0.3 is 4.90 Å². The summed E-state index contributed by atoms with van der Waals surface area (Å²) in [7, 11) is 2.20. The highest BCUT2D eigenvalue weighted by molar-refractivity contribution is 7.99. The van der Waals surface area contributed by atoms with E-state index in [0.29, 0.717) is 29.6 Å². The van der Waals surface area contributed by atoms with Crippen molar-refractivity contribution >= 4 is 17.5 Å². The molecule has 2 aliphatic rings. The Labute approximate surface area is 110 Å². The standard InChI is InChI=1S/C14H25NOS/c1-10-6-11(2)13(14(16)7-10)8-15(3)12-4-5-17-9-12/h10-13H,4-9H2,1-3H3. The van der Waals surface area contributed by atoms with Crippen LogP contribution in [0.25, 0.3) is 0 Å². The molecule has 2 fully saturated rings. The topological polar surface area (TPSA) is 20.3 Å². The van der Waals surface area contributed by atoms with Crippen molar-refractivity contribution in [3.05, 3.63) is 0 Å². The van der Waals surface area contributed by atoms with E-state index in [1.54, 1.807) is 0 Å². The van der Waals surface area contributed by atoms with Crippen molar-refractivity contribution in [2.24, 2.45) is 17.8 Å². The van der Waals surface area contributed by atoms with Crippen LogP contribution in [0.5, 0.6) is 0 Å². The molecular formula is C14H25NOS. The van der Waals surface area contributed by atoms with Crippen molar-refractivity contribution in [2.75, 3.05) is 25.1 Å². The molecule has 1 saturated heterocycles. The van der Waals surface area contributed by atoms with Crippen molar-refractivity contribution in [3.8, 4) is 0 Å². The molecule has 3 heteroatoms. The van der Waals surface area contributed by atoms with Gasteiger partial charge in [0.2, 0.25) is 0 Å². The lowest BCUT2D eigenvalue weighted by molar-refractivity contribution is -0.128. The fraction of sp³-hybridized carbons (Fsp3) is 0.929. The third kappa shape index (κ3) is 3.25. The summed E-state index contributed by atoms with van der Waals surface area (Å²) in [6.07, 6.45) is 3.33. The van der Waals surface area contributed by atoms with E-state index >= 15 is 0 Å². The molecule has 0 bridgehead atoms. The van der Waals surface area contributed by atoms with E-state index < -0.39 is 0 Å². The molecule has 17 heavy (non-hydrogen) atoms. The maximum Gasteiger partial charge on any atom is 0.137 e. The summed E-state index contributed by atoms with van der Waals surface area (Å²) in [5, 5.41) is 0. The maximum absolute atomic E-state index is 12.1. The van der Waals surface area contributed by atoms with Gasteiger partial charge in [-0.2, -0.15) is 11.8 Å². The van der Waals surface area contributed by atoms with Gasteiger partial charge in [0.1, 0.15) is 5.78 Å². The van der Waals surface area contributed by atoms with E-state index in [2.05, 4.69) is 25.8 Å². The van der Waals surface area contributed by atoms with Crippen LogP contribution in [0.15, 0.2) is 0 Å². The van der Waals surface area contributed by atoms with E-state index in [1.165, 1.54) is 24.3 Å². The molecule has 1 heterocycles. The van der Waals surface area contributed by atoms with Crippen LogP contribution in [-0.4, -0.2) is 41.8 Å². The molecule has 0 aromatic heterocycles. The fourth-order valence-corrected chi connectivity index (χ4v) is 4.60. The summed E-state index contributed by atoms with van der Waals surface area (Å²) in [5.74, 6) is 4.52. The number of hydrogen-bond acceptors (Lipinski definition) is 3. The molecule has 1 aliphatic carbocycles. The van der Waals surface area contributed by atoms with Crippen LogP contribution in [-0.2, 0) is 4.79 Å². The Morgan fingerprint density at radius 3 is 2.76 bits per heavy atom. The number of ketones is 1. The summed E-state index contributed by atoms with van der Waals surface area (Å²) >= 11 is 2.05. The molecule has 0 amide bonds. The first kappa shape index (κ1) is 13.4. The second kappa shape index (κ2) is 5.75. The van der Waals surface area contributed by atoms with Crippen LogP contribution >= 0.6 is 11.8 Å². The quantitative estimate of drug-likeness (QED) is 0.773. The predicted molar refractivity (Wildman–Crippen MR) is 74.4 cm³/mol. The molecule has 2 rings (SSSR count). The molecule has 4 unspecified atom stereocenters. The Morgan fingerprint density at radius 1 is 1.41 bits per heavy atom. The molecule has 0 N–H and O–H groups in total. The van der Waals surface area contributed by atoms with E-state index in [0.717, 1.165) is 13.0 Å². The second-order valence-corrected chi connectivity index (χ2v) is 7.20. The molecule has 0 aromatic rings. The molecular weight excluding hydrogens is 230 g/mol. The highest BCUT2D eigenvalue weighted by atomic mass is 32.2. The third-order valence-electron chi connectivity index (χ3n) is 4.44. The summed E-state index contributed by atoms with van der Waals surface area (Å²) in [6, 6.07) is 0.708. The highest BCUT2D eigenvalue weighted by Crippen LogP contribution is 2.32. The molecule has 0 radical (unpaired) electrons. The lowest BCUT2D eigenvalue weighted by Gasteiger charge is -2.35. The van der Waals surface area contributed by atoms with Gasteiger partial charge in [0.15, 0.2) is 0 Å². The molecule has 4 atom stereocenters. The average Bonchev–Trinajstić information content (AvgIpc) is 2.76. The van der Waals surface area contributed by atoms with Crippen LogP contribution in [0, 0.1) is 17.8 Å². The highest BCUT2D eigenvalue weighted by Gasteiger charge is 2.34. The van der Waals surface area contributed by atoms with Gasteiger partial charge in [-0.3, -0.25) is 4.79 Å². The predicted octanol–water partition coefficient (Wildman–Crippen LogP) is 2.68. The zero-order valence-electron chi connectivity index (χ0n) is 11.3. The van der Waals surface area contributed by atoms with E-state index in [-0.39, 0.29) is 0 Å². The Morgan fingerprint density at radius 2 is 2.18 bits per heavy atom. The van der Waals surface area contributed by atoms with Crippen molar-refractivity contribution in [2.45, 2.75) is 39.2 Å². The SMILES string of the molecule is CC1CC(=O)C(CN(C)C2CCSC2)C(C)C1. The Bertz CT molecular complexity index is 275. The van der Waals surface area contributed by atoms with Gasteiger partial charge in [0.05, 0.1) is 0 Å². The molecule has 98 valence electrons. The fourth-order valence-electron chi connectivity index (χ4n) is 3.31. The van der Waals surface area contributed by atoms with Gasteiger partial charge in [-0.05, 0) is 37.5 Å². The van der Waals surface area contributed by atoms with Crippen LogP contribution in [0.1, 0.15) is 33.1 Å². The Kier molecular flexibility index (Phi) is 4.53. The van der Waals surface area contributed by atoms with E-state index in [4.69, 9.17) is 0 Å². The summed E-state index contributed by atoms with van der Waals surface area (Å²) in [6.45, 7) is 5.45. The van der Waals surface area contributed by atoms with Crippen LogP contribution in [0.3, 0.4) is 0 Å². The molecule has 2 nitrogen and oxygen atoms in total. The van der Waals surface area contributed by atoms with Crippen molar-refractivity contribution < 1.29 is 4.79 Å². The van der Waals surface area contributed by atoms with E-state index in [1.807, 2.05) is 11.8 Å². The smallest absolute Gasteiger partial charge is 0.137 e. The summed E-state index contributed by atoms with van der Waals surface area (Å²) < 4.78 is 0. The van der Waals surface area contributed by atoms with Gasteiger partial charge in [-0.25, -0.2) is 0 Å². The lowest BCUT2D eigenvalue weighted by atomic mass is 9.74. The lowest BCUT2D eigenvalue weighted by Crippen LogP contribution is -2.42. The normalized spacial score (nSPS) is 38.9.